The van der Waals surface area contributed by atoms with E-state index in [2.05, 4.69) is 28.1 Å². The van der Waals surface area contributed by atoms with E-state index in [1.165, 1.54) is 0 Å². The number of thiazole rings is 1. The zero-order valence-electron chi connectivity index (χ0n) is 18.7. The van der Waals surface area contributed by atoms with Gasteiger partial charge in [-0.05, 0) is 36.9 Å². The van der Waals surface area contributed by atoms with Crippen molar-refractivity contribution < 1.29 is 9.53 Å². The largest absolute Gasteiger partial charge is 0.492 e. The molecular weight excluding hydrogens is 440 g/mol. The Kier molecular flexibility index (Phi) is 7.89. The van der Waals surface area contributed by atoms with E-state index in [0.29, 0.717) is 13.2 Å². The molecule has 0 aliphatic carbocycles. The number of nitrogens with zero attached hydrogens (tertiary/aromatic N) is 3. The molecule has 170 valence electrons. The zero-order chi connectivity index (χ0) is 22.3. The van der Waals surface area contributed by atoms with Gasteiger partial charge in [0.25, 0.3) is 5.91 Å². The molecule has 0 radical (unpaired) electrons. The number of anilines is 1. The van der Waals surface area contributed by atoms with Crippen LogP contribution in [0.3, 0.4) is 0 Å². The zero-order valence-corrected chi connectivity index (χ0v) is 20.3. The fourth-order valence-corrected chi connectivity index (χ4v) is 5.68. The molecule has 1 N–H and O–H groups in total. The third kappa shape index (κ3) is 5.36. The first-order valence-corrected chi connectivity index (χ1v) is 13.0. The molecule has 2 heterocycles. The van der Waals surface area contributed by atoms with Gasteiger partial charge in [0.2, 0.25) is 0 Å². The highest BCUT2D eigenvalue weighted by Gasteiger charge is 2.21. The van der Waals surface area contributed by atoms with Crippen LogP contribution in [-0.2, 0) is 0 Å². The average Bonchev–Trinajstić information content (AvgIpc) is 3.26. The molecule has 1 fully saturated rings. The first kappa shape index (κ1) is 22.9. The number of aromatic nitrogens is 1. The van der Waals surface area contributed by atoms with E-state index >= 15 is 0 Å². The van der Waals surface area contributed by atoms with E-state index in [4.69, 9.17) is 9.72 Å². The third-order valence-corrected chi connectivity index (χ3v) is 7.50. The number of fused-ring (bicyclic) bond motifs is 1. The summed E-state index contributed by atoms with van der Waals surface area (Å²) in [5.41, 5.74) is 1.73. The monoisotopic (exact) mass is 470 g/mol. The molecule has 0 unspecified atom stereocenters. The molecule has 4 rings (SSSR count). The summed E-state index contributed by atoms with van der Waals surface area (Å²) in [6, 6.07) is 13.9. The molecule has 0 saturated carbocycles. The standard InChI is InChI=1S/C24H30N4O2S2/c1-3-30-19-9-7-11-21-22(19)26-24(32-21)28-16-14-27(15-17-28)13-12-25-23(29)18-8-5-6-10-20(18)31-4-2/h5-11H,3-4,12-17H2,1-2H3,(H,25,29). The van der Waals surface area contributed by atoms with Gasteiger partial charge >= 0.3 is 0 Å². The molecular formula is C24H30N4O2S2. The maximum atomic E-state index is 12.6. The molecule has 32 heavy (non-hydrogen) atoms. The predicted octanol–water partition coefficient (Wildman–Crippen LogP) is 4.36. The minimum absolute atomic E-state index is 0.0137. The molecule has 0 bridgehead atoms. The van der Waals surface area contributed by atoms with Crippen LogP contribution < -0.4 is 15.0 Å². The molecule has 1 saturated heterocycles. The van der Waals surface area contributed by atoms with Crippen molar-refractivity contribution in [2.24, 2.45) is 0 Å². The highest BCUT2D eigenvalue weighted by Crippen LogP contribution is 2.34. The van der Waals surface area contributed by atoms with Crippen LogP contribution in [0.2, 0.25) is 0 Å². The summed E-state index contributed by atoms with van der Waals surface area (Å²) in [5, 5.41) is 4.15. The van der Waals surface area contributed by atoms with Crippen LogP contribution in [0.4, 0.5) is 5.13 Å². The number of piperazine rings is 1. The van der Waals surface area contributed by atoms with Crippen LogP contribution in [0, 0.1) is 0 Å². The Hall–Kier alpha value is -2.29. The fraction of sp³-hybridized carbons (Fsp3) is 0.417. The summed E-state index contributed by atoms with van der Waals surface area (Å²) in [4.78, 5) is 23.3. The summed E-state index contributed by atoms with van der Waals surface area (Å²) in [6.45, 7) is 10.1. The second-order valence-electron chi connectivity index (χ2n) is 7.55. The van der Waals surface area contributed by atoms with Gasteiger partial charge in [-0.15, -0.1) is 11.8 Å². The van der Waals surface area contributed by atoms with Crippen molar-refractivity contribution in [3.8, 4) is 5.75 Å². The number of benzene rings is 2. The van der Waals surface area contributed by atoms with Gasteiger partial charge in [0.1, 0.15) is 11.3 Å². The van der Waals surface area contributed by atoms with E-state index in [0.717, 1.165) is 70.0 Å². The summed E-state index contributed by atoms with van der Waals surface area (Å²) < 4.78 is 6.90. The van der Waals surface area contributed by atoms with Gasteiger partial charge < -0.3 is 15.0 Å². The van der Waals surface area contributed by atoms with Crippen molar-refractivity contribution >= 4 is 44.4 Å². The number of amides is 1. The number of hydrogen-bond donors (Lipinski definition) is 1. The van der Waals surface area contributed by atoms with E-state index in [9.17, 15) is 4.79 Å². The lowest BCUT2D eigenvalue weighted by atomic mass is 10.2. The Morgan fingerprint density at radius 1 is 1.12 bits per heavy atom. The minimum atomic E-state index is 0.0137. The van der Waals surface area contributed by atoms with Gasteiger partial charge in [0, 0.05) is 44.2 Å². The van der Waals surface area contributed by atoms with Crippen molar-refractivity contribution in [3.05, 3.63) is 48.0 Å². The first-order chi connectivity index (χ1) is 15.7. The fourth-order valence-electron chi connectivity index (χ4n) is 3.84. The molecule has 1 aliphatic rings. The van der Waals surface area contributed by atoms with E-state index in [1.54, 1.807) is 23.1 Å². The molecule has 6 nitrogen and oxygen atoms in total. The van der Waals surface area contributed by atoms with E-state index < -0.39 is 0 Å². The summed E-state index contributed by atoms with van der Waals surface area (Å²) in [7, 11) is 0. The van der Waals surface area contributed by atoms with Gasteiger partial charge in [-0.3, -0.25) is 9.69 Å². The lowest BCUT2D eigenvalue weighted by molar-refractivity contribution is 0.0945. The quantitative estimate of drug-likeness (QED) is 0.469. The van der Waals surface area contributed by atoms with Crippen molar-refractivity contribution in [2.75, 3.05) is 56.5 Å². The number of rotatable bonds is 9. The molecule has 2 aromatic carbocycles. The number of hydrogen-bond acceptors (Lipinski definition) is 7. The Morgan fingerprint density at radius 3 is 2.72 bits per heavy atom. The van der Waals surface area contributed by atoms with Gasteiger partial charge in [-0.25, -0.2) is 4.98 Å². The molecule has 1 aliphatic heterocycles. The van der Waals surface area contributed by atoms with Gasteiger partial charge in [-0.1, -0.05) is 36.5 Å². The van der Waals surface area contributed by atoms with E-state index in [-0.39, 0.29) is 5.91 Å². The van der Waals surface area contributed by atoms with Crippen LogP contribution in [0.1, 0.15) is 24.2 Å². The van der Waals surface area contributed by atoms with Crippen molar-refractivity contribution in [3.63, 3.8) is 0 Å². The predicted molar refractivity (Wildman–Crippen MR) is 135 cm³/mol. The Labute approximate surface area is 198 Å². The lowest BCUT2D eigenvalue weighted by Crippen LogP contribution is -2.48. The van der Waals surface area contributed by atoms with Crippen molar-refractivity contribution in [1.29, 1.82) is 0 Å². The minimum Gasteiger partial charge on any atom is -0.492 e. The third-order valence-electron chi connectivity index (χ3n) is 5.46. The second kappa shape index (κ2) is 11.0. The number of thioether (sulfide) groups is 1. The van der Waals surface area contributed by atoms with Crippen LogP contribution in [-0.4, -0.2) is 67.4 Å². The smallest absolute Gasteiger partial charge is 0.252 e. The average molecular weight is 471 g/mol. The number of para-hydroxylation sites is 1. The molecule has 1 aromatic heterocycles. The van der Waals surface area contributed by atoms with Crippen molar-refractivity contribution in [2.45, 2.75) is 18.7 Å². The highest BCUT2D eigenvalue weighted by atomic mass is 32.2. The van der Waals surface area contributed by atoms with E-state index in [1.807, 2.05) is 43.3 Å². The molecule has 8 heteroatoms. The Morgan fingerprint density at radius 2 is 1.94 bits per heavy atom. The number of ether oxygens (including phenoxy) is 1. The molecule has 0 spiro atoms. The highest BCUT2D eigenvalue weighted by molar-refractivity contribution is 7.99. The Bertz CT molecular complexity index is 1050. The van der Waals surface area contributed by atoms with Gasteiger partial charge in [-0.2, -0.15) is 0 Å². The maximum Gasteiger partial charge on any atom is 0.252 e. The SMILES string of the molecule is CCOc1cccc2sc(N3CCN(CCNC(=O)c4ccccc4SCC)CC3)nc12. The van der Waals surface area contributed by atoms with Gasteiger partial charge in [0.05, 0.1) is 16.9 Å². The van der Waals surface area contributed by atoms with Crippen LogP contribution in [0.25, 0.3) is 10.2 Å². The first-order valence-electron chi connectivity index (χ1n) is 11.2. The summed E-state index contributed by atoms with van der Waals surface area (Å²) >= 11 is 3.43. The number of nitrogens with one attached hydrogen (secondary N) is 1. The molecule has 1 amide bonds. The normalized spacial score (nSPS) is 14.6. The molecule has 0 atom stereocenters. The number of carbonyl (C=O) groups excluding carboxylic acids is 1. The van der Waals surface area contributed by atoms with Crippen LogP contribution in [0.15, 0.2) is 47.4 Å². The number of carbonyl (C=O) groups is 1. The molecule has 3 aromatic rings. The van der Waals surface area contributed by atoms with Crippen LogP contribution >= 0.6 is 23.1 Å². The van der Waals surface area contributed by atoms with Gasteiger partial charge in [0.15, 0.2) is 5.13 Å². The summed E-state index contributed by atoms with van der Waals surface area (Å²) in [6.07, 6.45) is 0. The lowest BCUT2D eigenvalue weighted by Gasteiger charge is -2.34. The topological polar surface area (TPSA) is 57.7 Å². The maximum absolute atomic E-state index is 12.6. The van der Waals surface area contributed by atoms with Crippen molar-refractivity contribution in [1.82, 2.24) is 15.2 Å². The second-order valence-corrected chi connectivity index (χ2v) is 9.86. The summed E-state index contributed by atoms with van der Waals surface area (Å²) in [5.74, 6) is 1.83. The Balaban J connectivity index is 1.27. The van der Waals surface area contributed by atoms with Crippen LogP contribution in [0.5, 0.6) is 5.75 Å².